The van der Waals surface area contributed by atoms with Crippen LogP contribution < -0.4 is 0 Å². The zero-order valence-corrected chi connectivity index (χ0v) is 15.2. The molecule has 0 N–H and O–H groups in total. The Hall–Kier alpha value is -1.06. The maximum absolute atomic E-state index is 13.1. The van der Waals surface area contributed by atoms with Crippen LogP contribution in [0.1, 0.15) is 65.2 Å². The zero-order valence-electron chi connectivity index (χ0n) is 15.2. The largest absolute Gasteiger partial charge is 0.339 e. The molecule has 0 aromatic rings. The van der Waals surface area contributed by atoms with Crippen LogP contribution in [0.3, 0.4) is 0 Å². The second kappa shape index (κ2) is 6.34. The first-order valence-corrected chi connectivity index (χ1v) is 10.1. The van der Waals surface area contributed by atoms with Gasteiger partial charge >= 0.3 is 0 Å². The van der Waals surface area contributed by atoms with Crippen molar-refractivity contribution in [2.24, 2.45) is 23.7 Å². The van der Waals surface area contributed by atoms with E-state index in [1.54, 1.807) is 0 Å². The van der Waals surface area contributed by atoms with Crippen LogP contribution in [0.5, 0.6) is 0 Å². The van der Waals surface area contributed by atoms with Gasteiger partial charge in [-0.05, 0) is 70.1 Å². The molecule has 5 unspecified atom stereocenters. The Bertz CT molecular complexity index is 518. The van der Waals surface area contributed by atoms with E-state index in [0.29, 0.717) is 19.0 Å². The molecule has 134 valence electrons. The molecular weight excluding hydrogens is 300 g/mol. The van der Waals surface area contributed by atoms with Crippen molar-refractivity contribution in [3.63, 3.8) is 0 Å². The topological polar surface area (TPSA) is 40.6 Å². The molecule has 2 bridgehead atoms. The third-order valence-corrected chi connectivity index (χ3v) is 7.25. The summed E-state index contributed by atoms with van der Waals surface area (Å²) < 4.78 is 0. The zero-order chi connectivity index (χ0) is 16.8. The normalized spacial score (nSPS) is 38.8. The van der Waals surface area contributed by atoms with Gasteiger partial charge in [-0.3, -0.25) is 9.59 Å². The third kappa shape index (κ3) is 2.86. The fourth-order valence-electron chi connectivity index (χ4n) is 6.02. The van der Waals surface area contributed by atoms with Gasteiger partial charge in [0.25, 0.3) is 0 Å². The first-order chi connectivity index (χ1) is 11.5. The van der Waals surface area contributed by atoms with Crippen LogP contribution in [0.15, 0.2) is 0 Å². The molecule has 0 spiro atoms. The maximum atomic E-state index is 13.1. The number of hydrogen-bond donors (Lipinski definition) is 0. The smallest absolute Gasteiger partial charge is 0.228 e. The first-order valence-electron chi connectivity index (χ1n) is 10.1. The number of fused-ring (bicyclic) bond motifs is 2. The van der Waals surface area contributed by atoms with Gasteiger partial charge in [-0.2, -0.15) is 0 Å². The number of rotatable bonds is 4. The number of nitrogens with zero attached hydrogens (tertiary/aromatic N) is 2. The molecule has 5 atom stereocenters. The minimum absolute atomic E-state index is 0.0967. The number of amides is 2. The molecule has 0 aromatic carbocycles. The van der Waals surface area contributed by atoms with Crippen LogP contribution in [0.2, 0.25) is 0 Å². The van der Waals surface area contributed by atoms with Crippen LogP contribution in [-0.4, -0.2) is 46.8 Å². The second-order valence-electron chi connectivity index (χ2n) is 9.04. The van der Waals surface area contributed by atoms with Crippen LogP contribution in [0.25, 0.3) is 0 Å². The molecule has 2 saturated carbocycles. The second-order valence-corrected chi connectivity index (χ2v) is 9.04. The first kappa shape index (κ1) is 16.4. The van der Waals surface area contributed by atoms with Crippen molar-refractivity contribution in [3.8, 4) is 0 Å². The molecule has 2 amide bonds. The van der Waals surface area contributed by atoms with Gasteiger partial charge in [0.05, 0.1) is 5.92 Å². The average Bonchev–Trinajstić information content (AvgIpc) is 3.29. The van der Waals surface area contributed by atoms with Gasteiger partial charge in [-0.15, -0.1) is 0 Å². The van der Waals surface area contributed by atoms with Gasteiger partial charge in [0.2, 0.25) is 11.8 Å². The molecule has 4 aliphatic rings. The fraction of sp³-hybridized carbons (Fsp3) is 0.900. The molecule has 4 fully saturated rings. The van der Waals surface area contributed by atoms with Crippen LogP contribution in [0, 0.1) is 23.7 Å². The third-order valence-electron chi connectivity index (χ3n) is 7.25. The summed E-state index contributed by atoms with van der Waals surface area (Å²) in [6, 6.07) is 0.656. The molecule has 4 nitrogen and oxygen atoms in total. The van der Waals surface area contributed by atoms with E-state index in [1.165, 1.54) is 38.5 Å². The molecule has 4 heteroatoms. The number of carbonyl (C=O) groups excluding carboxylic acids is 2. The summed E-state index contributed by atoms with van der Waals surface area (Å²) in [6.45, 7) is 5.63. The lowest BCUT2D eigenvalue weighted by atomic mass is 9.83. The quantitative estimate of drug-likeness (QED) is 0.794. The Kier molecular flexibility index (Phi) is 4.34. The summed E-state index contributed by atoms with van der Waals surface area (Å²) in [5.41, 5.74) is 0. The molecule has 0 aromatic heterocycles. The van der Waals surface area contributed by atoms with E-state index in [1.807, 2.05) is 18.7 Å². The molecule has 2 saturated heterocycles. The van der Waals surface area contributed by atoms with Crippen molar-refractivity contribution in [1.82, 2.24) is 9.80 Å². The highest BCUT2D eigenvalue weighted by Gasteiger charge is 2.44. The van der Waals surface area contributed by atoms with Crippen molar-refractivity contribution in [3.05, 3.63) is 0 Å². The van der Waals surface area contributed by atoms with Gasteiger partial charge in [0, 0.05) is 31.6 Å². The summed E-state index contributed by atoms with van der Waals surface area (Å²) in [4.78, 5) is 29.2. The number of carbonyl (C=O) groups is 2. The molecule has 2 aliphatic heterocycles. The van der Waals surface area contributed by atoms with E-state index >= 15 is 0 Å². The van der Waals surface area contributed by atoms with Crippen LogP contribution in [0.4, 0.5) is 0 Å². The van der Waals surface area contributed by atoms with Gasteiger partial charge < -0.3 is 9.80 Å². The summed E-state index contributed by atoms with van der Waals surface area (Å²) >= 11 is 0. The highest BCUT2D eigenvalue weighted by molar-refractivity contribution is 5.89. The standard InChI is InChI=1S/C20H32N2O2/c1-13(2)22-12-17(11-19(22)23)20(24)21-7-3-4-18(21)10-16-9-14-5-6-15(16)8-14/h13-18H,3-12H2,1-2H3. The Labute approximate surface area is 145 Å². The van der Waals surface area contributed by atoms with Gasteiger partial charge in [-0.1, -0.05) is 6.42 Å². The molecule has 2 heterocycles. The maximum Gasteiger partial charge on any atom is 0.228 e. The molecular formula is C20H32N2O2. The molecule has 0 radical (unpaired) electrons. The van der Waals surface area contributed by atoms with E-state index in [0.717, 1.165) is 30.7 Å². The minimum Gasteiger partial charge on any atom is -0.339 e. The summed E-state index contributed by atoms with van der Waals surface area (Å²) in [5, 5.41) is 0. The Morgan fingerprint density at radius 2 is 2.04 bits per heavy atom. The average molecular weight is 332 g/mol. The lowest BCUT2D eigenvalue weighted by molar-refractivity contribution is -0.137. The van der Waals surface area contributed by atoms with Gasteiger partial charge in [0.15, 0.2) is 0 Å². The summed E-state index contributed by atoms with van der Waals surface area (Å²) in [6.07, 6.45) is 9.70. The molecule has 24 heavy (non-hydrogen) atoms. The van der Waals surface area contributed by atoms with E-state index in [-0.39, 0.29) is 23.8 Å². The monoisotopic (exact) mass is 332 g/mol. The predicted molar refractivity (Wildman–Crippen MR) is 93.2 cm³/mol. The highest BCUT2D eigenvalue weighted by atomic mass is 16.2. The molecule has 2 aliphatic carbocycles. The van der Waals surface area contributed by atoms with Crippen LogP contribution in [-0.2, 0) is 9.59 Å². The predicted octanol–water partition coefficient (Wildman–Crippen LogP) is 3.06. The lowest BCUT2D eigenvalue weighted by Crippen LogP contribution is -2.42. The fourth-order valence-corrected chi connectivity index (χ4v) is 6.02. The van der Waals surface area contributed by atoms with Crippen molar-refractivity contribution < 1.29 is 9.59 Å². The van der Waals surface area contributed by atoms with Crippen molar-refractivity contribution in [2.75, 3.05) is 13.1 Å². The Balaban J connectivity index is 1.38. The minimum atomic E-state index is -0.0967. The SMILES string of the molecule is CC(C)N1CC(C(=O)N2CCCC2CC2CC3CCC2C3)CC1=O. The summed E-state index contributed by atoms with van der Waals surface area (Å²) in [5.74, 6) is 3.11. The van der Waals surface area contributed by atoms with E-state index in [9.17, 15) is 9.59 Å². The van der Waals surface area contributed by atoms with Gasteiger partial charge in [0.1, 0.15) is 0 Å². The van der Waals surface area contributed by atoms with Gasteiger partial charge in [-0.25, -0.2) is 0 Å². The van der Waals surface area contributed by atoms with E-state index in [2.05, 4.69) is 4.90 Å². The highest BCUT2D eigenvalue weighted by Crippen LogP contribution is 2.50. The van der Waals surface area contributed by atoms with Crippen molar-refractivity contribution in [2.45, 2.75) is 77.3 Å². The summed E-state index contributed by atoms with van der Waals surface area (Å²) in [7, 11) is 0. The van der Waals surface area contributed by atoms with Crippen molar-refractivity contribution in [1.29, 1.82) is 0 Å². The lowest BCUT2D eigenvalue weighted by Gasteiger charge is -2.32. The Morgan fingerprint density at radius 1 is 1.21 bits per heavy atom. The van der Waals surface area contributed by atoms with Crippen LogP contribution >= 0.6 is 0 Å². The van der Waals surface area contributed by atoms with E-state index < -0.39 is 0 Å². The Morgan fingerprint density at radius 3 is 2.67 bits per heavy atom. The van der Waals surface area contributed by atoms with E-state index in [4.69, 9.17) is 0 Å². The molecule has 4 rings (SSSR count). The number of likely N-dealkylation sites (tertiary alicyclic amines) is 2. The number of hydrogen-bond acceptors (Lipinski definition) is 2. The van der Waals surface area contributed by atoms with Crippen molar-refractivity contribution >= 4 is 11.8 Å².